The fourth-order valence-corrected chi connectivity index (χ4v) is 4.72. The van der Waals surface area contributed by atoms with E-state index in [2.05, 4.69) is 45.3 Å². The molecule has 2 aromatic heterocycles. The molecule has 1 aromatic carbocycles. The number of hydrogen-bond acceptors (Lipinski definition) is 7. The standard InChI is InChI=1S/C24H32N4O2S/c1-14(2)26-23-28-20(13-31-23)19-11-21(17-8-7-15(29-6)9-18(17)27-19)30-16-10-22(25-12-16)24(3,4)5/h7-9,11,13-14,16,22,25H,10,12H2,1-6H3,(H,26,28). The van der Waals surface area contributed by atoms with Crippen LogP contribution in [-0.2, 0) is 0 Å². The van der Waals surface area contributed by atoms with Crippen molar-refractivity contribution in [3.8, 4) is 22.9 Å². The van der Waals surface area contributed by atoms with Gasteiger partial charge in [0.1, 0.15) is 23.3 Å². The van der Waals surface area contributed by atoms with E-state index in [1.807, 2.05) is 29.6 Å². The van der Waals surface area contributed by atoms with Gasteiger partial charge >= 0.3 is 0 Å². The van der Waals surface area contributed by atoms with Crippen molar-refractivity contribution in [3.63, 3.8) is 0 Å². The molecule has 0 amide bonds. The summed E-state index contributed by atoms with van der Waals surface area (Å²) in [4.78, 5) is 9.61. The fourth-order valence-electron chi connectivity index (χ4n) is 3.87. The second kappa shape index (κ2) is 8.63. The van der Waals surface area contributed by atoms with Crippen LogP contribution in [0.2, 0.25) is 0 Å². The van der Waals surface area contributed by atoms with Gasteiger partial charge in [0.2, 0.25) is 0 Å². The number of anilines is 1. The summed E-state index contributed by atoms with van der Waals surface area (Å²) in [5, 5.41) is 10.9. The maximum Gasteiger partial charge on any atom is 0.183 e. The molecule has 6 nitrogen and oxygen atoms in total. The monoisotopic (exact) mass is 440 g/mol. The van der Waals surface area contributed by atoms with Crippen molar-refractivity contribution in [1.29, 1.82) is 0 Å². The molecule has 7 heteroatoms. The van der Waals surface area contributed by atoms with Gasteiger partial charge in [-0.05, 0) is 31.4 Å². The Labute approximate surface area is 188 Å². The molecule has 31 heavy (non-hydrogen) atoms. The summed E-state index contributed by atoms with van der Waals surface area (Å²) < 4.78 is 12.0. The first-order valence-corrected chi connectivity index (χ1v) is 11.7. The Morgan fingerprint density at radius 1 is 1.16 bits per heavy atom. The highest BCUT2D eigenvalue weighted by Crippen LogP contribution is 2.35. The van der Waals surface area contributed by atoms with Crippen LogP contribution < -0.4 is 20.1 Å². The lowest BCUT2D eigenvalue weighted by Crippen LogP contribution is -2.34. The number of thiazole rings is 1. The summed E-state index contributed by atoms with van der Waals surface area (Å²) in [7, 11) is 1.67. The van der Waals surface area contributed by atoms with Gasteiger partial charge in [-0.3, -0.25) is 0 Å². The van der Waals surface area contributed by atoms with Gasteiger partial charge in [-0.2, -0.15) is 0 Å². The zero-order chi connectivity index (χ0) is 22.2. The molecule has 1 saturated heterocycles. The predicted octanol–water partition coefficient (Wildman–Crippen LogP) is 5.34. The molecule has 1 aliphatic heterocycles. The molecule has 0 bridgehead atoms. The molecule has 2 atom stereocenters. The van der Waals surface area contributed by atoms with Gasteiger partial charge in [0.15, 0.2) is 5.13 Å². The molecule has 3 aromatic rings. The minimum Gasteiger partial charge on any atom is -0.497 e. The smallest absolute Gasteiger partial charge is 0.183 e. The van der Waals surface area contributed by atoms with Crippen molar-refractivity contribution in [2.75, 3.05) is 19.0 Å². The van der Waals surface area contributed by atoms with Crippen molar-refractivity contribution in [2.24, 2.45) is 5.41 Å². The molecule has 166 valence electrons. The van der Waals surface area contributed by atoms with E-state index in [9.17, 15) is 0 Å². The van der Waals surface area contributed by atoms with Crippen molar-refractivity contribution in [1.82, 2.24) is 15.3 Å². The van der Waals surface area contributed by atoms with Gasteiger partial charge in [-0.25, -0.2) is 9.97 Å². The number of aromatic nitrogens is 2. The zero-order valence-corrected chi connectivity index (χ0v) is 20.0. The number of ether oxygens (including phenoxy) is 2. The maximum atomic E-state index is 6.54. The highest BCUT2D eigenvalue weighted by molar-refractivity contribution is 7.14. The molecule has 0 spiro atoms. The number of nitrogens with one attached hydrogen (secondary N) is 2. The minimum atomic E-state index is 0.123. The van der Waals surface area contributed by atoms with E-state index in [1.165, 1.54) is 0 Å². The van der Waals surface area contributed by atoms with Crippen molar-refractivity contribution >= 4 is 27.4 Å². The molecule has 1 fully saturated rings. The van der Waals surface area contributed by atoms with Gasteiger partial charge in [0, 0.05) is 47.9 Å². The molecule has 4 rings (SSSR count). The van der Waals surface area contributed by atoms with Gasteiger partial charge in [0.05, 0.1) is 18.3 Å². The maximum absolute atomic E-state index is 6.54. The molecular weight excluding hydrogens is 408 g/mol. The number of fused-ring (bicyclic) bond motifs is 1. The Kier molecular flexibility index (Phi) is 6.08. The summed E-state index contributed by atoms with van der Waals surface area (Å²) in [6.45, 7) is 11.9. The first-order valence-electron chi connectivity index (χ1n) is 10.8. The van der Waals surface area contributed by atoms with Crippen molar-refractivity contribution < 1.29 is 9.47 Å². The number of rotatable bonds is 6. The third-order valence-electron chi connectivity index (χ3n) is 5.59. The van der Waals surface area contributed by atoms with Crippen LogP contribution in [0, 0.1) is 5.41 Å². The van der Waals surface area contributed by atoms with Crippen LogP contribution in [-0.4, -0.2) is 41.8 Å². The quantitative estimate of drug-likeness (QED) is 0.539. The van der Waals surface area contributed by atoms with E-state index in [-0.39, 0.29) is 11.5 Å². The fraction of sp³-hybridized carbons (Fsp3) is 0.500. The van der Waals surface area contributed by atoms with Crippen LogP contribution in [0.15, 0.2) is 29.6 Å². The van der Waals surface area contributed by atoms with E-state index in [0.717, 1.165) is 51.9 Å². The zero-order valence-electron chi connectivity index (χ0n) is 19.2. The van der Waals surface area contributed by atoms with Gasteiger partial charge in [-0.15, -0.1) is 11.3 Å². The van der Waals surface area contributed by atoms with Gasteiger partial charge in [-0.1, -0.05) is 20.8 Å². The molecule has 1 aliphatic rings. The Hall–Kier alpha value is -2.38. The molecule has 0 radical (unpaired) electrons. The predicted molar refractivity (Wildman–Crippen MR) is 128 cm³/mol. The van der Waals surface area contributed by atoms with Crippen molar-refractivity contribution in [2.45, 2.75) is 59.2 Å². The van der Waals surface area contributed by atoms with Crippen LogP contribution in [0.1, 0.15) is 41.0 Å². The number of benzene rings is 1. The minimum absolute atomic E-state index is 0.123. The lowest BCUT2D eigenvalue weighted by Gasteiger charge is -2.26. The molecule has 3 heterocycles. The largest absolute Gasteiger partial charge is 0.497 e. The van der Waals surface area contributed by atoms with Crippen molar-refractivity contribution in [3.05, 3.63) is 29.6 Å². The molecule has 0 aliphatic carbocycles. The molecule has 2 unspecified atom stereocenters. The number of nitrogens with zero attached hydrogens (tertiary/aromatic N) is 2. The highest BCUT2D eigenvalue weighted by atomic mass is 32.1. The third-order valence-corrected chi connectivity index (χ3v) is 6.36. The second-order valence-corrected chi connectivity index (χ2v) is 10.4. The van der Waals surface area contributed by atoms with Gasteiger partial charge in [0.25, 0.3) is 0 Å². The number of hydrogen-bond donors (Lipinski definition) is 2. The van der Waals surface area contributed by atoms with E-state index >= 15 is 0 Å². The average molecular weight is 441 g/mol. The lowest BCUT2D eigenvalue weighted by atomic mass is 9.86. The lowest BCUT2D eigenvalue weighted by molar-refractivity contribution is 0.208. The van der Waals surface area contributed by atoms with Crippen LogP contribution >= 0.6 is 11.3 Å². The first-order chi connectivity index (χ1) is 14.7. The number of pyridine rings is 1. The highest BCUT2D eigenvalue weighted by Gasteiger charge is 2.34. The Morgan fingerprint density at radius 2 is 1.97 bits per heavy atom. The van der Waals surface area contributed by atoms with Gasteiger partial charge < -0.3 is 20.1 Å². The first kappa shape index (κ1) is 21.8. The Balaban J connectivity index is 1.69. The molecular formula is C24H32N4O2S. The summed E-state index contributed by atoms with van der Waals surface area (Å²) in [5.74, 6) is 1.62. The Bertz CT molecular complexity index is 1060. The van der Waals surface area contributed by atoms with Crippen LogP contribution in [0.3, 0.4) is 0 Å². The summed E-state index contributed by atoms with van der Waals surface area (Å²) in [6.07, 6.45) is 1.11. The van der Waals surface area contributed by atoms with Crippen LogP contribution in [0.25, 0.3) is 22.3 Å². The topological polar surface area (TPSA) is 68.3 Å². The normalized spacial score (nSPS) is 19.2. The van der Waals surface area contributed by atoms with Crippen LogP contribution in [0.4, 0.5) is 5.13 Å². The SMILES string of the molecule is COc1ccc2c(OC3CNC(C(C)(C)C)C3)cc(-c3csc(NC(C)C)n3)nc2c1. The molecule has 0 saturated carbocycles. The summed E-state index contributed by atoms with van der Waals surface area (Å²) in [6, 6.07) is 8.72. The average Bonchev–Trinajstić information content (AvgIpc) is 3.36. The molecule has 2 N–H and O–H groups in total. The number of methoxy groups -OCH3 is 1. The van der Waals surface area contributed by atoms with E-state index in [4.69, 9.17) is 19.4 Å². The van der Waals surface area contributed by atoms with E-state index < -0.39 is 0 Å². The summed E-state index contributed by atoms with van der Waals surface area (Å²) >= 11 is 1.59. The van der Waals surface area contributed by atoms with Crippen LogP contribution in [0.5, 0.6) is 11.5 Å². The summed E-state index contributed by atoms with van der Waals surface area (Å²) in [5.41, 5.74) is 2.70. The Morgan fingerprint density at radius 3 is 2.65 bits per heavy atom. The van der Waals surface area contributed by atoms with E-state index in [0.29, 0.717) is 12.1 Å². The second-order valence-electron chi connectivity index (χ2n) is 9.53. The third kappa shape index (κ3) is 4.93. The van der Waals surface area contributed by atoms with E-state index in [1.54, 1.807) is 18.4 Å².